The first-order chi connectivity index (χ1) is 10.1. The Kier molecular flexibility index (Phi) is 5.04. The van der Waals surface area contributed by atoms with Crippen molar-refractivity contribution in [2.45, 2.75) is 0 Å². The molecule has 7 heteroatoms. The number of likely N-dealkylation sites (N-methyl/N-ethyl adjacent to an activating group) is 1. The van der Waals surface area contributed by atoms with Crippen LogP contribution >= 0.6 is 27.7 Å². The summed E-state index contributed by atoms with van der Waals surface area (Å²) in [4.78, 5) is 18.3. The molecule has 0 aromatic heterocycles. The molecule has 1 aromatic carbocycles. The molecule has 5 nitrogen and oxygen atoms in total. The second-order valence-electron chi connectivity index (χ2n) is 4.12. The van der Waals surface area contributed by atoms with Gasteiger partial charge in [-0.25, -0.2) is 0 Å². The van der Waals surface area contributed by atoms with Crippen molar-refractivity contribution < 1.29 is 9.53 Å². The Balaban J connectivity index is 2.24. The van der Waals surface area contributed by atoms with Crippen molar-refractivity contribution in [3.8, 4) is 11.8 Å². The number of hydrogen-bond acceptors (Lipinski definition) is 5. The SMILES string of the molecule is CN=C1S/C(=C\c2ccc(OCC#N)c(Br)c2)C(=O)N1C. The van der Waals surface area contributed by atoms with E-state index in [0.717, 1.165) is 10.0 Å². The Hall–Kier alpha value is -1.78. The Morgan fingerprint density at radius 2 is 2.33 bits per heavy atom. The number of amidine groups is 1. The smallest absolute Gasteiger partial charge is 0.266 e. The van der Waals surface area contributed by atoms with Gasteiger partial charge in [-0.05, 0) is 51.5 Å². The molecule has 0 N–H and O–H groups in total. The maximum absolute atomic E-state index is 12.1. The van der Waals surface area contributed by atoms with Crippen LogP contribution in [0, 0.1) is 11.3 Å². The van der Waals surface area contributed by atoms with Crippen molar-refractivity contribution in [3.05, 3.63) is 33.1 Å². The highest BCUT2D eigenvalue weighted by Crippen LogP contribution is 2.33. The van der Waals surface area contributed by atoms with Crippen LogP contribution in [0.1, 0.15) is 5.56 Å². The van der Waals surface area contributed by atoms with Gasteiger partial charge in [0.05, 0.1) is 9.38 Å². The number of benzene rings is 1. The fourth-order valence-corrected chi connectivity index (χ4v) is 3.17. The third-order valence-corrected chi connectivity index (χ3v) is 4.51. The fraction of sp³-hybridized carbons (Fsp3) is 0.214. The summed E-state index contributed by atoms with van der Waals surface area (Å²) in [6.45, 7) is -0.00546. The summed E-state index contributed by atoms with van der Waals surface area (Å²) in [5.74, 6) is 0.526. The number of carbonyl (C=O) groups excluding carboxylic acids is 1. The van der Waals surface area contributed by atoms with Gasteiger partial charge in [-0.3, -0.25) is 14.7 Å². The van der Waals surface area contributed by atoms with Gasteiger partial charge in [-0.15, -0.1) is 0 Å². The van der Waals surface area contributed by atoms with E-state index in [1.807, 2.05) is 18.2 Å². The highest BCUT2D eigenvalue weighted by atomic mass is 79.9. The predicted octanol–water partition coefficient (Wildman–Crippen LogP) is 2.88. The minimum atomic E-state index is -0.0680. The summed E-state index contributed by atoms with van der Waals surface area (Å²) in [5.41, 5.74) is 0.868. The maximum Gasteiger partial charge on any atom is 0.266 e. The largest absolute Gasteiger partial charge is 0.478 e. The topological polar surface area (TPSA) is 65.7 Å². The molecule has 1 heterocycles. The van der Waals surface area contributed by atoms with E-state index in [0.29, 0.717) is 15.8 Å². The van der Waals surface area contributed by atoms with E-state index in [9.17, 15) is 4.79 Å². The molecular formula is C14H12BrN3O2S. The molecule has 1 aliphatic heterocycles. The van der Waals surface area contributed by atoms with Crippen LogP contribution in [0.3, 0.4) is 0 Å². The molecule has 0 aliphatic carbocycles. The monoisotopic (exact) mass is 365 g/mol. The van der Waals surface area contributed by atoms with Crippen LogP contribution in [0.5, 0.6) is 5.75 Å². The van der Waals surface area contributed by atoms with Gasteiger partial charge < -0.3 is 4.74 Å². The van der Waals surface area contributed by atoms with E-state index >= 15 is 0 Å². The first-order valence-corrected chi connectivity index (χ1v) is 7.61. The van der Waals surface area contributed by atoms with Gasteiger partial charge in [-0.2, -0.15) is 5.26 Å². The third kappa shape index (κ3) is 3.46. The van der Waals surface area contributed by atoms with Gasteiger partial charge in [0.15, 0.2) is 11.8 Å². The average molecular weight is 366 g/mol. The van der Waals surface area contributed by atoms with Crippen molar-refractivity contribution in [1.29, 1.82) is 5.26 Å². The number of ether oxygens (including phenoxy) is 1. The normalized spacial score (nSPS) is 18.4. The van der Waals surface area contributed by atoms with Crippen LogP contribution in [0.4, 0.5) is 0 Å². The lowest BCUT2D eigenvalue weighted by Gasteiger charge is -2.06. The summed E-state index contributed by atoms with van der Waals surface area (Å²) in [6, 6.07) is 7.35. The van der Waals surface area contributed by atoms with Crippen molar-refractivity contribution in [2.75, 3.05) is 20.7 Å². The summed E-state index contributed by atoms with van der Waals surface area (Å²) >= 11 is 4.73. The fourth-order valence-electron chi connectivity index (χ4n) is 1.73. The summed E-state index contributed by atoms with van der Waals surface area (Å²) < 4.78 is 5.99. The molecule has 1 aromatic rings. The Bertz CT molecular complexity index is 679. The molecule has 1 saturated heterocycles. The number of amides is 1. The van der Waals surface area contributed by atoms with Crippen LogP contribution in [0.25, 0.3) is 6.08 Å². The number of nitriles is 1. The number of aliphatic imine (C=N–C) groups is 1. The number of halogens is 1. The Morgan fingerprint density at radius 1 is 1.57 bits per heavy atom. The predicted molar refractivity (Wildman–Crippen MR) is 86.9 cm³/mol. The lowest BCUT2D eigenvalue weighted by atomic mass is 10.2. The van der Waals surface area contributed by atoms with E-state index in [2.05, 4.69) is 20.9 Å². The molecule has 0 saturated carbocycles. The molecule has 1 aliphatic rings. The van der Waals surface area contributed by atoms with Crippen molar-refractivity contribution in [1.82, 2.24) is 4.90 Å². The number of carbonyl (C=O) groups is 1. The zero-order valence-electron chi connectivity index (χ0n) is 11.5. The first-order valence-electron chi connectivity index (χ1n) is 6.00. The van der Waals surface area contributed by atoms with E-state index < -0.39 is 0 Å². The number of hydrogen-bond donors (Lipinski definition) is 0. The third-order valence-electron chi connectivity index (χ3n) is 2.74. The lowest BCUT2D eigenvalue weighted by molar-refractivity contribution is -0.121. The minimum absolute atomic E-state index is 0.00546. The lowest BCUT2D eigenvalue weighted by Crippen LogP contribution is -2.23. The van der Waals surface area contributed by atoms with Gasteiger partial charge in [-0.1, -0.05) is 6.07 Å². The Morgan fingerprint density at radius 3 is 2.90 bits per heavy atom. The van der Waals surface area contributed by atoms with Crippen LogP contribution in [0.15, 0.2) is 32.6 Å². The molecule has 0 spiro atoms. The molecule has 0 unspecified atom stereocenters. The number of rotatable bonds is 3. The minimum Gasteiger partial charge on any atom is -0.478 e. The van der Waals surface area contributed by atoms with Gasteiger partial charge in [0.1, 0.15) is 11.8 Å². The molecule has 1 amide bonds. The standard InChI is InChI=1S/C14H12BrN3O2S/c1-17-14-18(2)13(19)12(21-14)8-9-3-4-11(10(15)7-9)20-6-5-16/h3-4,7-8H,6H2,1-2H3/b12-8-,17-14?. The molecule has 108 valence electrons. The average Bonchev–Trinajstić information content (AvgIpc) is 2.74. The Labute approximate surface area is 135 Å². The summed E-state index contributed by atoms with van der Waals surface area (Å²) in [5, 5.41) is 9.19. The second kappa shape index (κ2) is 6.78. The van der Waals surface area contributed by atoms with Crippen LogP contribution in [-0.4, -0.2) is 36.7 Å². The van der Waals surface area contributed by atoms with E-state index in [-0.39, 0.29) is 12.5 Å². The van der Waals surface area contributed by atoms with Gasteiger partial charge in [0.2, 0.25) is 0 Å². The van der Waals surface area contributed by atoms with E-state index in [4.69, 9.17) is 10.00 Å². The summed E-state index contributed by atoms with van der Waals surface area (Å²) in [7, 11) is 3.36. The zero-order valence-corrected chi connectivity index (χ0v) is 13.9. The van der Waals surface area contributed by atoms with Gasteiger partial charge in [0, 0.05) is 14.1 Å². The number of nitrogens with zero attached hydrogens (tertiary/aromatic N) is 3. The van der Waals surface area contributed by atoms with Crippen LogP contribution in [0.2, 0.25) is 0 Å². The quantitative estimate of drug-likeness (QED) is 0.772. The highest BCUT2D eigenvalue weighted by molar-refractivity contribution is 9.10. The molecule has 0 bridgehead atoms. The molecule has 0 radical (unpaired) electrons. The maximum atomic E-state index is 12.1. The van der Waals surface area contributed by atoms with E-state index in [1.54, 1.807) is 26.2 Å². The summed E-state index contributed by atoms with van der Waals surface area (Å²) in [6.07, 6.45) is 1.81. The van der Waals surface area contributed by atoms with Gasteiger partial charge in [0.25, 0.3) is 5.91 Å². The molecule has 0 atom stereocenters. The van der Waals surface area contributed by atoms with E-state index in [1.165, 1.54) is 16.7 Å². The zero-order chi connectivity index (χ0) is 15.4. The molecule has 21 heavy (non-hydrogen) atoms. The second-order valence-corrected chi connectivity index (χ2v) is 5.98. The molecule has 2 rings (SSSR count). The van der Waals surface area contributed by atoms with Gasteiger partial charge >= 0.3 is 0 Å². The van der Waals surface area contributed by atoms with Crippen molar-refractivity contribution >= 4 is 44.8 Å². The first kappa shape index (κ1) is 15.6. The van der Waals surface area contributed by atoms with Crippen LogP contribution in [-0.2, 0) is 4.79 Å². The van der Waals surface area contributed by atoms with Crippen molar-refractivity contribution in [3.63, 3.8) is 0 Å². The molecular weight excluding hydrogens is 354 g/mol. The van der Waals surface area contributed by atoms with Crippen LogP contribution < -0.4 is 4.74 Å². The highest BCUT2D eigenvalue weighted by Gasteiger charge is 2.29. The molecule has 1 fully saturated rings. The van der Waals surface area contributed by atoms with Crippen molar-refractivity contribution in [2.24, 2.45) is 4.99 Å². The number of thioether (sulfide) groups is 1.